The Morgan fingerprint density at radius 3 is 2.17 bits per heavy atom. The molecule has 0 amide bonds. The number of halogens is 1. The van der Waals surface area contributed by atoms with E-state index < -0.39 is 0 Å². The van der Waals surface area contributed by atoms with Crippen molar-refractivity contribution in [2.24, 2.45) is 7.05 Å². The monoisotopic (exact) mass is 491 g/mol. The molecule has 1 atom stereocenters. The van der Waals surface area contributed by atoms with Crippen LogP contribution < -0.4 is 0 Å². The maximum Gasteiger partial charge on any atom is 0.124 e. The molecule has 5 rings (SSSR count). The first-order valence-electron chi connectivity index (χ1n) is 11.5. The van der Waals surface area contributed by atoms with Crippen LogP contribution in [0.4, 0.5) is 0 Å². The normalized spacial score (nSPS) is 11.3. The molecule has 0 fully saturated rings. The van der Waals surface area contributed by atoms with Crippen molar-refractivity contribution < 1.29 is 4.74 Å². The van der Waals surface area contributed by atoms with Gasteiger partial charge in [0.1, 0.15) is 6.10 Å². The van der Waals surface area contributed by atoms with Gasteiger partial charge in [0.2, 0.25) is 0 Å². The van der Waals surface area contributed by atoms with Crippen LogP contribution in [-0.4, -0.2) is 9.55 Å². The number of hydrogen-bond acceptors (Lipinski definition) is 3. The number of ether oxygens (including phenoxy) is 1. The number of hydrogen-bond donors (Lipinski definition) is 0. The van der Waals surface area contributed by atoms with E-state index in [1.54, 1.807) is 6.33 Å². The quantitative estimate of drug-likeness (QED) is 0.239. The van der Waals surface area contributed by atoms with Crippen molar-refractivity contribution in [2.45, 2.75) is 12.7 Å². The fourth-order valence-corrected chi connectivity index (χ4v) is 4.36. The first-order valence-corrected chi connectivity index (χ1v) is 11.5. The summed E-state index contributed by atoms with van der Waals surface area (Å²) in [6, 6.07) is 37.0. The van der Waals surface area contributed by atoms with Gasteiger partial charge in [-0.15, -0.1) is 12.4 Å². The number of imidazole rings is 1. The molecule has 0 radical (unpaired) electrons. The first kappa shape index (κ1) is 24.9. The van der Waals surface area contributed by atoms with E-state index in [0.717, 1.165) is 39.1 Å². The van der Waals surface area contributed by atoms with E-state index in [4.69, 9.17) is 4.74 Å². The molecule has 0 aliphatic rings. The van der Waals surface area contributed by atoms with Gasteiger partial charge in [0.05, 0.1) is 36.5 Å². The standard InChI is InChI=1S/C31H25N3O.ClH/c1-34-22-33-20-30(34)31(35-21-23-10-4-2-5-11-23)25-16-17-26(19-32)29(18-25)28-15-9-8-14-27(28)24-12-6-3-7-13-24;/h2-18,20,22,31H,21H2,1H3;1H. The molecule has 178 valence electrons. The van der Waals surface area contributed by atoms with Crippen LogP contribution in [0.2, 0.25) is 0 Å². The lowest BCUT2D eigenvalue weighted by Gasteiger charge is -2.21. The average molecular weight is 492 g/mol. The Balaban J connectivity index is 0.00000304. The Morgan fingerprint density at radius 2 is 1.50 bits per heavy atom. The maximum absolute atomic E-state index is 9.96. The second kappa shape index (κ2) is 11.5. The third-order valence-corrected chi connectivity index (χ3v) is 6.15. The molecule has 0 N–H and O–H groups in total. The van der Waals surface area contributed by atoms with Crippen molar-refractivity contribution >= 4 is 12.4 Å². The summed E-state index contributed by atoms with van der Waals surface area (Å²) in [6.07, 6.45) is 3.28. The predicted molar refractivity (Wildman–Crippen MR) is 146 cm³/mol. The molecule has 5 aromatic rings. The summed E-state index contributed by atoms with van der Waals surface area (Å²) in [5.41, 5.74) is 7.76. The van der Waals surface area contributed by atoms with Crippen molar-refractivity contribution in [1.29, 1.82) is 5.26 Å². The fraction of sp³-hybridized carbons (Fsp3) is 0.0968. The molecule has 1 heterocycles. The van der Waals surface area contributed by atoms with Gasteiger partial charge >= 0.3 is 0 Å². The second-order valence-corrected chi connectivity index (χ2v) is 8.43. The lowest BCUT2D eigenvalue weighted by atomic mass is 9.90. The van der Waals surface area contributed by atoms with Crippen molar-refractivity contribution in [2.75, 3.05) is 0 Å². The summed E-state index contributed by atoms with van der Waals surface area (Å²) in [7, 11) is 1.97. The molecule has 0 aliphatic heterocycles. The number of rotatable bonds is 7. The minimum absolute atomic E-state index is 0. The molecule has 5 heteroatoms. The second-order valence-electron chi connectivity index (χ2n) is 8.43. The smallest absolute Gasteiger partial charge is 0.124 e. The van der Waals surface area contributed by atoms with Crippen molar-refractivity contribution in [3.05, 3.63) is 138 Å². The Labute approximate surface area is 217 Å². The molecular formula is C31H26ClN3O. The molecule has 0 saturated heterocycles. The van der Waals surface area contributed by atoms with Gasteiger partial charge in [0, 0.05) is 12.6 Å². The third-order valence-electron chi connectivity index (χ3n) is 6.15. The van der Waals surface area contributed by atoms with Gasteiger partial charge in [0.15, 0.2) is 0 Å². The van der Waals surface area contributed by atoms with Gasteiger partial charge < -0.3 is 9.30 Å². The molecule has 0 saturated carbocycles. The van der Waals surface area contributed by atoms with Gasteiger partial charge in [-0.05, 0) is 39.9 Å². The highest BCUT2D eigenvalue weighted by Crippen LogP contribution is 2.37. The summed E-state index contributed by atoms with van der Waals surface area (Å²) >= 11 is 0. The Hall–Kier alpha value is -4.17. The maximum atomic E-state index is 9.96. The Bertz CT molecular complexity index is 1470. The van der Waals surface area contributed by atoms with Crippen LogP contribution in [0.15, 0.2) is 116 Å². The van der Waals surface area contributed by atoms with Crippen LogP contribution in [0.1, 0.15) is 28.5 Å². The van der Waals surface area contributed by atoms with E-state index >= 15 is 0 Å². The van der Waals surface area contributed by atoms with Crippen LogP contribution in [0.3, 0.4) is 0 Å². The molecular weight excluding hydrogens is 466 g/mol. The summed E-state index contributed by atoms with van der Waals surface area (Å²) in [5.74, 6) is 0. The van der Waals surface area contributed by atoms with Crippen LogP contribution >= 0.6 is 12.4 Å². The van der Waals surface area contributed by atoms with Crippen molar-refractivity contribution in [3.8, 4) is 28.3 Å². The number of aromatic nitrogens is 2. The van der Waals surface area contributed by atoms with E-state index in [9.17, 15) is 5.26 Å². The Kier molecular flexibility index (Phi) is 7.97. The summed E-state index contributed by atoms with van der Waals surface area (Å²) < 4.78 is 8.45. The number of aryl methyl sites for hydroxylation is 1. The molecule has 0 spiro atoms. The number of benzene rings is 4. The SMILES string of the molecule is Cl.Cn1cncc1C(OCc1ccccc1)c1ccc(C#N)c(-c2ccccc2-c2ccccc2)c1. The van der Waals surface area contributed by atoms with Crippen LogP contribution in [-0.2, 0) is 18.4 Å². The van der Waals surface area contributed by atoms with Crippen LogP contribution in [0.5, 0.6) is 0 Å². The van der Waals surface area contributed by atoms with E-state index in [0.29, 0.717) is 12.2 Å². The van der Waals surface area contributed by atoms with Gasteiger partial charge in [-0.2, -0.15) is 5.26 Å². The zero-order valence-corrected chi connectivity index (χ0v) is 20.7. The fourth-order valence-electron chi connectivity index (χ4n) is 4.36. The largest absolute Gasteiger partial charge is 0.363 e. The van der Waals surface area contributed by atoms with Crippen molar-refractivity contribution in [1.82, 2.24) is 9.55 Å². The van der Waals surface area contributed by atoms with Crippen LogP contribution in [0.25, 0.3) is 22.3 Å². The average Bonchev–Trinajstić information content (AvgIpc) is 3.35. The lowest BCUT2D eigenvalue weighted by molar-refractivity contribution is 0.0622. The summed E-state index contributed by atoms with van der Waals surface area (Å²) in [6.45, 7) is 0.465. The molecule has 0 aliphatic carbocycles. The third kappa shape index (κ3) is 5.23. The molecule has 4 nitrogen and oxygen atoms in total. The van der Waals surface area contributed by atoms with Gasteiger partial charge in [-0.25, -0.2) is 4.98 Å². The molecule has 0 bridgehead atoms. The highest BCUT2D eigenvalue weighted by molar-refractivity contribution is 5.86. The van der Waals surface area contributed by atoms with Gasteiger partial charge in [-0.3, -0.25) is 0 Å². The highest BCUT2D eigenvalue weighted by atomic mass is 35.5. The first-order chi connectivity index (χ1) is 17.2. The Morgan fingerprint density at radius 1 is 0.833 bits per heavy atom. The van der Waals surface area contributed by atoms with E-state index in [1.807, 2.05) is 78.5 Å². The minimum Gasteiger partial charge on any atom is -0.363 e. The zero-order chi connectivity index (χ0) is 24.0. The number of nitrogens with zero attached hydrogens (tertiary/aromatic N) is 3. The van der Waals surface area contributed by atoms with E-state index in [-0.39, 0.29) is 18.5 Å². The topological polar surface area (TPSA) is 50.8 Å². The van der Waals surface area contributed by atoms with E-state index in [1.165, 1.54) is 0 Å². The van der Waals surface area contributed by atoms with E-state index in [2.05, 4.69) is 53.5 Å². The molecule has 1 unspecified atom stereocenters. The van der Waals surface area contributed by atoms with Crippen molar-refractivity contribution in [3.63, 3.8) is 0 Å². The van der Waals surface area contributed by atoms with Crippen LogP contribution in [0, 0.1) is 11.3 Å². The molecule has 36 heavy (non-hydrogen) atoms. The lowest BCUT2D eigenvalue weighted by Crippen LogP contribution is -2.11. The molecule has 1 aromatic heterocycles. The summed E-state index contributed by atoms with van der Waals surface area (Å²) in [4.78, 5) is 4.32. The summed E-state index contributed by atoms with van der Waals surface area (Å²) in [5, 5.41) is 9.96. The number of nitriles is 1. The van der Waals surface area contributed by atoms with Gasteiger partial charge in [-0.1, -0.05) is 91.0 Å². The predicted octanol–water partition coefficient (Wildman–Crippen LogP) is 7.35. The zero-order valence-electron chi connectivity index (χ0n) is 19.9. The minimum atomic E-state index is -0.335. The highest BCUT2D eigenvalue weighted by Gasteiger charge is 2.21. The van der Waals surface area contributed by atoms with Gasteiger partial charge in [0.25, 0.3) is 0 Å². The molecule has 4 aromatic carbocycles.